The Kier molecular flexibility index (Phi) is 17.6. The highest BCUT2D eigenvalue weighted by Crippen LogP contribution is 2.10. The number of amides is 3. The van der Waals surface area contributed by atoms with Crippen LogP contribution in [0.25, 0.3) is 0 Å². The minimum atomic E-state index is -1.09. The average molecular weight is 560 g/mol. The molecule has 9 nitrogen and oxygen atoms in total. The molecule has 0 fully saturated rings. The number of ketones is 1. The first kappa shape index (κ1) is 33.5. The smallest absolute Gasteiger partial charge is 0.407 e. The highest BCUT2D eigenvalue weighted by atomic mass is 32.2. The van der Waals surface area contributed by atoms with Crippen LogP contribution < -0.4 is 16.4 Å². The summed E-state index contributed by atoms with van der Waals surface area (Å²) in [5.74, 6) is 0.189. The van der Waals surface area contributed by atoms with Crippen LogP contribution in [0.2, 0.25) is 0 Å². The minimum absolute atomic E-state index is 0.138. The summed E-state index contributed by atoms with van der Waals surface area (Å²) in [6.07, 6.45) is 4.50. The first-order valence-electron chi connectivity index (χ1n) is 13.1. The standard InChI is InChI=1S/C16H23NO3S.C13H18N2O3/c1-14-6-8-16(9-7-14)21(20)12-10-15(19)5-3-2-4-11-17-13-18;1-10(7-8-12(14)16)15-13(17)18-9-11-5-3-2-4-6-11/h6-9,13H,2-5,10-12H2,1H3,(H,17,18);2-6,10H,7-9H2,1H3,(H2,14,16)(H,15,17). The molecule has 10 heteroatoms. The van der Waals surface area contributed by atoms with Gasteiger partial charge in [-0.3, -0.25) is 18.6 Å². The van der Waals surface area contributed by atoms with E-state index in [2.05, 4.69) is 10.6 Å². The number of Topliss-reactive ketones (excluding diaryl/α,β-unsaturated/α-hetero) is 1. The third-order valence-electron chi connectivity index (χ3n) is 5.61. The predicted octanol–water partition coefficient (Wildman–Crippen LogP) is 3.94. The van der Waals surface area contributed by atoms with Gasteiger partial charge in [0.1, 0.15) is 12.4 Å². The van der Waals surface area contributed by atoms with Crippen LogP contribution in [-0.2, 0) is 36.5 Å². The molecule has 0 aromatic heterocycles. The van der Waals surface area contributed by atoms with E-state index in [1.807, 2.05) is 61.5 Å². The summed E-state index contributed by atoms with van der Waals surface area (Å²) < 4.78 is 17.1. The molecule has 2 atom stereocenters. The van der Waals surface area contributed by atoms with Crippen molar-refractivity contribution in [2.45, 2.75) is 76.3 Å². The van der Waals surface area contributed by atoms with Crippen LogP contribution in [0.1, 0.15) is 63.0 Å². The molecular weight excluding hydrogens is 518 g/mol. The fraction of sp³-hybridized carbons (Fsp3) is 0.448. The number of carbonyl (C=O) groups is 4. The molecule has 0 saturated carbocycles. The van der Waals surface area contributed by atoms with E-state index in [1.165, 1.54) is 0 Å². The van der Waals surface area contributed by atoms with Crippen molar-refractivity contribution in [1.82, 2.24) is 10.6 Å². The van der Waals surface area contributed by atoms with Gasteiger partial charge in [-0.1, -0.05) is 54.4 Å². The molecule has 0 bridgehead atoms. The maximum absolute atomic E-state index is 12.0. The highest BCUT2D eigenvalue weighted by Gasteiger charge is 2.10. The molecule has 39 heavy (non-hydrogen) atoms. The molecule has 2 aromatic rings. The van der Waals surface area contributed by atoms with Crippen LogP contribution in [0, 0.1) is 6.92 Å². The third-order valence-corrected chi connectivity index (χ3v) is 6.98. The second-order valence-corrected chi connectivity index (χ2v) is 10.7. The molecule has 4 N–H and O–H groups in total. The first-order chi connectivity index (χ1) is 18.7. The van der Waals surface area contributed by atoms with Crippen molar-refractivity contribution in [3.63, 3.8) is 0 Å². The number of rotatable bonds is 17. The molecule has 0 aliphatic carbocycles. The second-order valence-electron chi connectivity index (χ2n) is 9.15. The zero-order valence-electron chi connectivity index (χ0n) is 22.9. The van der Waals surface area contributed by atoms with E-state index in [1.54, 1.807) is 6.92 Å². The van der Waals surface area contributed by atoms with Crippen molar-refractivity contribution < 1.29 is 28.1 Å². The van der Waals surface area contributed by atoms with Crippen LogP contribution in [0.15, 0.2) is 59.5 Å². The fourth-order valence-corrected chi connectivity index (χ4v) is 4.41. The predicted molar refractivity (Wildman–Crippen MR) is 152 cm³/mol. The van der Waals surface area contributed by atoms with Crippen molar-refractivity contribution in [2.75, 3.05) is 12.3 Å². The fourth-order valence-electron chi connectivity index (χ4n) is 3.32. The van der Waals surface area contributed by atoms with Gasteiger partial charge in [0.15, 0.2) is 0 Å². The van der Waals surface area contributed by atoms with Gasteiger partial charge in [0.25, 0.3) is 0 Å². The molecular formula is C29H41N3O6S. The van der Waals surface area contributed by atoms with Crippen molar-refractivity contribution in [3.05, 3.63) is 65.7 Å². The lowest BCUT2D eigenvalue weighted by molar-refractivity contribution is -0.119. The van der Waals surface area contributed by atoms with Crippen LogP contribution >= 0.6 is 0 Å². The van der Waals surface area contributed by atoms with E-state index in [9.17, 15) is 23.4 Å². The second kappa shape index (κ2) is 20.4. The van der Waals surface area contributed by atoms with E-state index in [4.69, 9.17) is 10.5 Å². The zero-order valence-corrected chi connectivity index (χ0v) is 23.7. The van der Waals surface area contributed by atoms with Gasteiger partial charge in [0.2, 0.25) is 12.3 Å². The quantitative estimate of drug-likeness (QED) is 0.198. The number of nitrogens with one attached hydrogen (secondary N) is 2. The SMILES string of the molecule is CC(CCC(N)=O)NC(=O)OCc1ccccc1.Cc1ccc(S(=O)CCC(=O)CCCCCNC=O)cc1. The number of alkyl carbamates (subject to hydrolysis) is 1. The minimum Gasteiger partial charge on any atom is -0.445 e. The highest BCUT2D eigenvalue weighted by molar-refractivity contribution is 7.85. The number of carbonyl (C=O) groups excluding carboxylic acids is 4. The number of unbranched alkanes of at least 4 members (excludes halogenated alkanes) is 2. The maximum Gasteiger partial charge on any atom is 0.407 e. The van der Waals surface area contributed by atoms with Crippen molar-refractivity contribution in [2.24, 2.45) is 5.73 Å². The normalized spacial score (nSPS) is 11.7. The van der Waals surface area contributed by atoms with Gasteiger partial charge in [-0.2, -0.15) is 0 Å². The number of benzene rings is 2. The monoisotopic (exact) mass is 559 g/mol. The largest absolute Gasteiger partial charge is 0.445 e. The Morgan fingerprint density at radius 2 is 1.67 bits per heavy atom. The summed E-state index contributed by atoms with van der Waals surface area (Å²) in [6, 6.07) is 16.9. The van der Waals surface area contributed by atoms with Gasteiger partial charge in [-0.05, 0) is 50.8 Å². The molecule has 2 aromatic carbocycles. The third kappa shape index (κ3) is 17.6. The zero-order chi connectivity index (χ0) is 28.9. The van der Waals surface area contributed by atoms with Gasteiger partial charge >= 0.3 is 6.09 Å². The van der Waals surface area contributed by atoms with Gasteiger partial charge in [-0.25, -0.2) is 4.79 Å². The van der Waals surface area contributed by atoms with Crippen LogP contribution in [0.3, 0.4) is 0 Å². The van der Waals surface area contributed by atoms with E-state index in [0.29, 0.717) is 38.0 Å². The molecule has 0 heterocycles. The van der Waals surface area contributed by atoms with E-state index in [-0.39, 0.29) is 30.8 Å². The van der Waals surface area contributed by atoms with Crippen LogP contribution in [-0.4, -0.2) is 46.7 Å². The average Bonchev–Trinajstić information content (AvgIpc) is 2.92. The molecule has 2 unspecified atom stereocenters. The Hall–Kier alpha value is -3.53. The molecule has 0 spiro atoms. The summed E-state index contributed by atoms with van der Waals surface area (Å²) in [5.41, 5.74) is 7.09. The lowest BCUT2D eigenvalue weighted by atomic mass is 10.1. The first-order valence-corrected chi connectivity index (χ1v) is 14.4. The maximum atomic E-state index is 12.0. The van der Waals surface area contributed by atoms with Gasteiger partial charge in [0.05, 0.1) is 10.8 Å². The molecule has 0 aliphatic rings. The van der Waals surface area contributed by atoms with E-state index in [0.717, 1.165) is 35.3 Å². The van der Waals surface area contributed by atoms with Crippen molar-refractivity contribution >= 4 is 35.0 Å². The number of nitrogens with two attached hydrogens (primary N) is 1. The summed E-state index contributed by atoms with van der Waals surface area (Å²) in [5, 5.41) is 5.23. The van der Waals surface area contributed by atoms with E-state index >= 15 is 0 Å². The summed E-state index contributed by atoms with van der Waals surface area (Å²) >= 11 is 0. The Bertz CT molecular complexity index is 1030. The molecule has 0 radical (unpaired) electrons. The van der Waals surface area contributed by atoms with Gasteiger partial charge < -0.3 is 21.1 Å². The Balaban J connectivity index is 0.000000395. The Morgan fingerprint density at radius 3 is 2.31 bits per heavy atom. The Labute approximate surface area is 233 Å². The molecule has 2 rings (SSSR count). The van der Waals surface area contributed by atoms with Crippen LogP contribution in [0.5, 0.6) is 0 Å². The summed E-state index contributed by atoms with van der Waals surface area (Å²) in [6.45, 7) is 4.68. The molecule has 3 amide bonds. The topological polar surface area (TPSA) is 145 Å². The van der Waals surface area contributed by atoms with Gasteiger partial charge in [0, 0.05) is 42.5 Å². The lowest BCUT2D eigenvalue weighted by Gasteiger charge is -2.13. The molecule has 0 aliphatic heterocycles. The summed E-state index contributed by atoms with van der Waals surface area (Å²) in [4.78, 5) is 44.5. The number of primary amides is 1. The number of ether oxygens (including phenoxy) is 1. The summed E-state index contributed by atoms with van der Waals surface area (Å²) in [7, 11) is -1.09. The number of hydrogen-bond donors (Lipinski definition) is 3. The van der Waals surface area contributed by atoms with Crippen molar-refractivity contribution in [3.8, 4) is 0 Å². The number of hydrogen-bond acceptors (Lipinski definition) is 6. The Morgan fingerprint density at radius 1 is 0.974 bits per heavy atom. The molecule has 214 valence electrons. The lowest BCUT2D eigenvalue weighted by Crippen LogP contribution is -2.33. The van der Waals surface area contributed by atoms with Crippen molar-refractivity contribution in [1.29, 1.82) is 0 Å². The van der Waals surface area contributed by atoms with Gasteiger partial charge in [-0.15, -0.1) is 0 Å². The molecule has 0 saturated heterocycles. The number of aryl methyl sites for hydroxylation is 1. The van der Waals surface area contributed by atoms with E-state index < -0.39 is 16.9 Å². The van der Waals surface area contributed by atoms with Crippen LogP contribution in [0.4, 0.5) is 4.79 Å².